The molecule has 1 amide bonds. The molecule has 0 unspecified atom stereocenters. The lowest BCUT2D eigenvalue weighted by molar-refractivity contribution is 0.0939. The highest BCUT2D eigenvalue weighted by molar-refractivity contribution is 7.89. The summed E-state index contributed by atoms with van der Waals surface area (Å²) in [7, 11) is -4.03. The summed E-state index contributed by atoms with van der Waals surface area (Å²) in [6.45, 7) is 1.72. The first-order valence-corrected chi connectivity index (χ1v) is 8.49. The molecule has 0 radical (unpaired) electrons. The molecule has 0 saturated heterocycles. The van der Waals surface area contributed by atoms with Crippen LogP contribution in [-0.4, -0.2) is 14.3 Å². The lowest BCUT2D eigenvalue weighted by atomic mass is 10.1. The van der Waals surface area contributed by atoms with Gasteiger partial charge in [0.2, 0.25) is 10.0 Å². The van der Waals surface area contributed by atoms with E-state index in [0.717, 1.165) is 6.07 Å². The summed E-state index contributed by atoms with van der Waals surface area (Å²) in [6, 6.07) is 9.10. The van der Waals surface area contributed by atoms with Gasteiger partial charge in [0.1, 0.15) is 10.7 Å². The molecule has 8 heteroatoms. The van der Waals surface area contributed by atoms with E-state index in [-0.39, 0.29) is 21.3 Å². The zero-order valence-corrected chi connectivity index (χ0v) is 13.7. The molecule has 0 aromatic heterocycles. The van der Waals surface area contributed by atoms with Crippen LogP contribution >= 0.6 is 11.6 Å². The van der Waals surface area contributed by atoms with Crippen molar-refractivity contribution >= 4 is 27.5 Å². The Morgan fingerprint density at radius 1 is 1.22 bits per heavy atom. The number of hydrogen-bond acceptors (Lipinski definition) is 3. The maximum atomic E-state index is 12.9. The number of benzene rings is 2. The van der Waals surface area contributed by atoms with Crippen molar-refractivity contribution in [3.8, 4) is 0 Å². The minimum Gasteiger partial charge on any atom is -0.346 e. The van der Waals surface area contributed by atoms with Crippen molar-refractivity contribution in [2.75, 3.05) is 0 Å². The van der Waals surface area contributed by atoms with Crippen LogP contribution in [-0.2, 0) is 10.0 Å². The molecule has 0 aliphatic heterocycles. The molecule has 23 heavy (non-hydrogen) atoms. The van der Waals surface area contributed by atoms with Crippen molar-refractivity contribution in [2.45, 2.75) is 17.9 Å². The van der Waals surface area contributed by atoms with E-state index in [4.69, 9.17) is 16.7 Å². The number of halogens is 2. The second kappa shape index (κ2) is 6.66. The summed E-state index contributed by atoms with van der Waals surface area (Å²) < 4.78 is 35.8. The van der Waals surface area contributed by atoms with Crippen LogP contribution < -0.4 is 10.5 Å². The number of amides is 1. The van der Waals surface area contributed by atoms with Gasteiger partial charge < -0.3 is 5.32 Å². The number of nitrogens with one attached hydrogen (secondary N) is 1. The van der Waals surface area contributed by atoms with E-state index in [0.29, 0.717) is 5.56 Å². The van der Waals surface area contributed by atoms with Gasteiger partial charge in [0.05, 0.1) is 11.1 Å². The van der Waals surface area contributed by atoms with E-state index in [9.17, 15) is 17.6 Å². The predicted molar refractivity (Wildman–Crippen MR) is 85.1 cm³/mol. The van der Waals surface area contributed by atoms with Gasteiger partial charge >= 0.3 is 0 Å². The fourth-order valence-electron chi connectivity index (χ4n) is 1.98. The standard InChI is InChI=1S/C15H14ClFN2O3S/c1-9(10-2-5-12(17)6-3-10)19-15(20)11-4-7-13(16)14(8-11)23(18,21)22/h2-9H,1H3,(H,19,20)(H2,18,21,22)/t9-/m0/s1. The van der Waals surface area contributed by atoms with Crippen molar-refractivity contribution in [2.24, 2.45) is 5.14 Å². The number of rotatable bonds is 4. The molecule has 2 aromatic rings. The highest BCUT2D eigenvalue weighted by Gasteiger charge is 2.17. The van der Waals surface area contributed by atoms with Crippen molar-refractivity contribution in [1.82, 2.24) is 5.32 Å². The zero-order chi connectivity index (χ0) is 17.2. The Balaban J connectivity index is 2.22. The molecule has 5 nitrogen and oxygen atoms in total. The van der Waals surface area contributed by atoms with Crippen molar-refractivity contribution in [3.63, 3.8) is 0 Å². The van der Waals surface area contributed by atoms with Crippen LogP contribution in [0.4, 0.5) is 4.39 Å². The number of carbonyl (C=O) groups excluding carboxylic acids is 1. The second-order valence-electron chi connectivity index (χ2n) is 4.94. The molecular weight excluding hydrogens is 343 g/mol. The number of carbonyl (C=O) groups is 1. The average Bonchev–Trinajstić information content (AvgIpc) is 2.47. The second-order valence-corrected chi connectivity index (χ2v) is 6.87. The molecule has 0 aliphatic carbocycles. The molecule has 3 N–H and O–H groups in total. The molecule has 0 aliphatic rings. The van der Waals surface area contributed by atoms with Crippen molar-refractivity contribution in [3.05, 3.63) is 64.4 Å². The Labute approximate surface area is 138 Å². The van der Waals surface area contributed by atoms with Gasteiger partial charge in [0.25, 0.3) is 5.91 Å². The van der Waals surface area contributed by atoms with Crippen LogP contribution in [0.1, 0.15) is 28.9 Å². The van der Waals surface area contributed by atoms with Gasteiger partial charge in [0, 0.05) is 5.56 Å². The van der Waals surface area contributed by atoms with Crippen LogP contribution in [0.5, 0.6) is 0 Å². The third kappa shape index (κ3) is 4.28. The van der Waals surface area contributed by atoms with Crippen LogP contribution in [0.2, 0.25) is 5.02 Å². The number of nitrogens with two attached hydrogens (primary N) is 1. The smallest absolute Gasteiger partial charge is 0.251 e. The molecule has 0 heterocycles. The molecule has 0 bridgehead atoms. The molecule has 0 spiro atoms. The molecule has 0 saturated carbocycles. The molecule has 122 valence electrons. The van der Waals surface area contributed by atoms with E-state index in [1.807, 2.05) is 0 Å². The van der Waals surface area contributed by atoms with Gasteiger partial charge in [-0.1, -0.05) is 23.7 Å². The normalized spacial score (nSPS) is 12.7. The zero-order valence-electron chi connectivity index (χ0n) is 12.1. The first-order valence-electron chi connectivity index (χ1n) is 6.57. The van der Waals surface area contributed by atoms with E-state index in [2.05, 4.69) is 5.32 Å². The number of sulfonamides is 1. The Morgan fingerprint density at radius 3 is 2.39 bits per heavy atom. The molecule has 1 atom stereocenters. The highest BCUT2D eigenvalue weighted by atomic mass is 35.5. The largest absolute Gasteiger partial charge is 0.346 e. The van der Waals surface area contributed by atoms with E-state index in [1.54, 1.807) is 19.1 Å². The third-order valence-corrected chi connectivity index (χ3v) is 4.61. The van der Waals surface area contributed by atoms with Crippen molar-refractivity contribution < 1.29 is 17.6 Å². The Hall–Kier alpha value is -1.96. The Kier molecular flexibility index (Phi) is 5.03. The van der Waals surface area contributed by atoms with Gasteiger partial charge in [-0.2, -0.15) is 0 Å². The third-order valence-electron chi connectivity index (χ3n) is 3.22. The minimum absolute atomic E-state index is 0.0596. The topological polar surface area (TPSA) is 89.3 Å². The summed E-state index contributed by atoms with van der Waals surface area (Å²) >= 11 is 5.78. The fraction of sp³-hybridized carbons (Fsp3) is 0.133. The Morgan fingerprint density at radius 2 is 1.83 bits per heavy atom. The van der Waals surface area contributed by atoms with E-state index in [1.165, 1.54) is 24.3 Å². The first-order chi connectivity index (χ1) is 10.7. The van der Waals surface area contributed by atoms with Crippen LogP contribution in [0.3, 0.4) is 0 Å². The monoisotopic (exact) mass is 356 g/mol. The summed E-state index contributed by atoms with van der Waals surface area (Å²) in [5.74, 6) is -0.869. The molecule has 2 rings (SSSR count). The highest BCUT2D eigenvalue weighted by Crippen LogP contribution is 2.22. The quantitative estimate of drug-likeness (QED) is 0.882. The molecule has 2 aromatic carbocycles. The summed E-state index contributed by atoms with van der Waals surface area (Å²) in [5, 5.41) is 7.68. The van der Waals surface area contributed by atoms with Crippen molar-refractivity contribution in [1.29, 1.82) is 0 Å². The maximum absolute atomic E-state index is 12.9. The molecule has 0 fully saturated rings. The summed E-state index contributed by atoms with van der Waals surface area (Å²) in [4.78, 5) is 11.9. The summed E-state index contributed by atoms with van der Waals surface area (Å²) in [6.07, 6.45) is 0. The van der Waals surface area contributed by atoms with Gasteiger partial charge in [-0.3, -0.25) is 4.79 Å². The van der Waals surface area contributed by atoms with Gasteiger partial charge in [0.15, 0.2) is 0 Å². The summed E-state index contributed by atoms with van der Waals surface area (Å²) in [5.41, 5.74) is 0.813. The lowest BCUT2D eigenvalue weighted by Gasteiger charge is -2.15. The maximum Gasteiger partial charge on any atom is 0.251 e. The van der Waals surface area contributed by atoms with E-state index >= 15 is 0 Å². The van der Waals surface area contributed by atoms with Crippen LogP contribution in [0.25, 0.3) is 0 Å². The molecular formula is C15H14ClFN2O3S. The predicted octanol–water partition coefficient (Wildman–Crippen LogP) is 2.62. The van der Waals surface area contributed by atoms with Gasteiger partial charge in [-0.15, -0.1) is 0 Å². The average molecular weight is 357 g/mol. The van der Waals surface area contributed by atoms with Crippen LogP contribution in [0, 0.1) is 5.82 Å². The Bertz CT molecular complexity index is 838. The first kappa shape index (κ1) is 17.4. The number of hydrogen-bond donors (Lipinski definition) is 2. The fourth-order valence-corrected chi connectivity index (χ4v) is 3.05. The van der Waals surface area contributed by atoms with Gasteiger partial charge in [-0.05, 0) is 42.8 Å². The lowest BCUT2D eigenvalue weighted by Crippen LogP contribution is -2.27. The SMILES string of the molecule is C[C@H](NC(=O)c1ccc(Cl)c(S(N)(=O)=O)c1)c1ccc(F)cc1. The van der Waals surface area contributed by atoms with Crippen LogP contribution in [0.15, 0.2) is 47.4 Å². The number of primary sulfonamides is 1. The van der Waals surface area contributed by atoms with Gasteiger partial charge in [-0.25, -0.2) is 17.9 Å². The van der Waals surface area contributed by atoms with E-state index < -0.39 is 22.0 Å². The minimum atomic E-state index is -4.03.